The summed E-state index contributed by atoms with van der Waals surface area (Å²) in [4.78, 5) is 6.15. The molecular weight excluding hydrogens is 264 g/mol. The van der Waals surface area contributed by atoms with E-state index >= 15 is 0 Å². The van der Waals surface area contributed by atoms with Gasteiger partial charge in [-0.15, -0.1) is 11.3 Å². The molecule has 0 amide bonds. The second-order valence-corrected chi connectivity index (χ2v) is 6.49. The van der Waals surface area contributed by atoms with Gasteiger partial charge in [-0.2, -0.15) is 0 Å². The predicted octanol–water partition coefficient (Wildman–Crippen LogP) is 4.80. The normalized spacial score (nSPS) is 12.7. The highest BCUT2D eigenvalue weighted by Crippen LogP contribution is 2.33. The summed E-state index contributed by atoms with van der Waals surface area (Å²) in [5.74, 6) is 0. The van der Waals surface area contributed by atoms with Crippen LogP contribution in [0.25, 0.3) is 10.6 Å². The van der Waals surface area contributed by atoms with E-state index in [4.69, 9.17) is 4.98 Å². The maximum Gasteiger partial charge on any atom is 0.124 e. The SMILES string of the molecule is CCCNC(C)c1sc(-c2cc(C)ccc2C)nc1C. The first-order chi connectivity index (χ1) is 9.52. The molecule has 1 atom stereocenters. The van der Waals surface area contributed by atoms with Gasteiger partial charge in [-0.05, 0) is 52.3 Å². The number of nitrogens with zero attached hydrogens (tertiary/aromatic N) is 1. The topological polar surface area (TPSA) is 24.9 Å². The smallest absolute Gasteiger partial charge is 0.124 e. The fourth-order valence-electron chi connectivity index (χ4n) is 2.34. The zero-order valence-corrected chi connectivity index (χ0v) is 13.9. The fraction of sp³-hybridized carbons (Fsp3) is 0.471. The third-order valence-corrected chi connectivity index (χ3v) is 4.92. The van der Waals surface area contributed by atoms with Gasteiger partial charge in [0.05, 0.1) is 5.69 Å². The second-order valence-electron chi connectivity index (χ2n) is 5.46. The van der Waals surface area contributed by atoms with E-state index in [1.165, 1.54) is 21.6 Å². The van der Waals surface area contributed by atoms with E-state index in [0.29, 0.717) is 6.04 Å². The number of hydrogen-bond donors (Lipinski definition) is 1. The van der Waals surface area contributed by atoms with Crippen molar-refractivity contribution >= 4 is 11.3 Å². The molecular formula is C17H24N2S. The first-order valence-electron chi connectivity index (χ1n) is 7.31. The molecule has 1 unspecified atom stereocenters. The van der Waals surface area contributed by atoms with Crippen LogP contribution < -0.4 is 5.32 Å². The summed E-state index contributed by atoms with van der Waals surface area (Å²) in [5.41, 5.74) is 5.01. The van der Waals surface area contributed by atoms with E-state index in [2.05, 4.69) is 58.1 Å². The van der Waals surface area contributed by atoms with Gasteiger partial charge in [0.1, 0.15) is 5.01 Å². The molecule has 0 aliphatic heterocycles. The average Bonchev–Trinajstić information content (AvgIpc) is 2.80. The molecule has 2 nitrogen and oxygen atoms in total. The van der Waals surface area contributed by atoms with E-state index in [9.17, 15) is 0 Å². The van der Waals surface area contributed by atoms with Gasteiger partial charge < -0.3 is 5.32 Å². The summed E-state index contributed by atoms with van der Waals surface area (Å²) >= 11 is 1.82. The van der Waals surface area contributed by atoms with Crippen LogP contribution in [-0.4, -0.2) is 11.5 Å². The number of benzene rings is 1. The van der Waals surface area contributed by atoms with Gasteiger partial charge in [-0.1, -0.05) is 24.6 Å². The molecule has 1 heterocycles. The van der Waals surface area contributed by atoms with Crippen molar-refractivity contribution in [2.75, 3.05) is 6.54 Å². The molecule has 1 N–H and O–H groups in total. The van der Waals surface area contributed by atoms with Crippen molar-refractivity contribution in [1.82, 2.24) is 10.3 Å². The van der Waals surface area contributed by atoms with Gasteiger partial charge >= 0.3 is 0 Å². The Kier molecular flexibility index (Phi) is 4.95. The Morgan fingerprint density at radius 2 is 2.00 bits per heavy atom. The number of rotatable bonds is 5. The van der Waals surface area contributed by atoms with E-state index in [1.807, 2.05) is 11.3 Å². The van der Waals surface area contributed by atoms with E-state index < -0.39 is 0 Å². The minimum absolute atomic E-state index is 0.381. The zero-order valence-electron chi connectivity index (χ0n) is 13.1. The van der Waals surface area contributed by atoms with Crippen LogP contribution in [0.4, 0.5) is 0 Å². The quantitative estimate of drug-likeness (QED) is 0.855. The van der Waals surface area contributed by atoms with Crippen LogP contribution in [-0.2, 0) is 0 Å². The molecule has 108 valence electrons. The first-order valence-corrected chi connectivity index (χ1v) is 8.13. The molecule has 0 fully saturated rings. The Bertz CT molecular complexity index is 587. The number of hydrogen-bond acceptors (Lipinski definition) is 3. The molecule has 3 heteroatoms. The number of thiazole rings is 1. The Morgan fingerprint density at radius 3 is 2.70 bits per heavy atom. The standard InChI is InChI=1S/C17H24N2S/c1-6-9-18-13(4)16-14(5)19-17(20-16)15-10-11(2)7-8-12(15)3/h7-8,10,13,18H,6,9H2,1-5H3. The van der Waals surface area contributed by atoms with Crippen LogP contribution in [0.15, 0.2) is 18.2 Å². The van der Waals surface area contributed by atoms with Crippen molar-refractivity contribution in [1.29, 1.82) is 0 Å². The summed E-state index contributed by atoms with van der Waals surface area (Å²) < 4.78 is 0. The molecule has 0 aliphatic rings. The molecule has 0 saturated carbocycles. The monoisotopic (exact) mass is 288 g/mol. The molecule has 2 rings (SSSR count). The highest BCUT2D eigenvalue weighted by Gasteiger charge is 2.15. The number of aromatic nitrogens is 1. The van der Waals surface area contributed by atoms with Crippen LogP contribution >= 0.6 is 11.3 Å². The molecule has 20 heavy (non-hydrogen) atoms. The molecule has 1 aromatic heterocycles. The van der Waals surface area contributed by atoms with Crippen LogP contribution in [0.5, 0.6) is 0 Å². The Hall–Kier alpha value is -1.19. The van der Waals surface area contributed by atoms with Crippen LogP contribution in [0, 0.1) is 20.8 Å². The Balaban J connectivity index is 2.33. The molecule has 2 aromatic rings. The van der Waals surface area contributed by atoms with Gasteiger partial charge in [0.15, 0.2) is 0 Å². The van der Waals surface area contributed by atoms with Gasteiger partial charge in [0, 0.05) is 16.5 Å². The summed E-state index contributed by atoms with van der Waals surface area (Å²) in [6.45, 7) is 11.9. The van der Waals surface area contributed by atoms with Crippen molar-refractivity contribution in [3.63, 3.8) is 0 Å². The lowest BCUT2D eigenvalue weighted by Gasteiger charge is -2.11. The van der Waals surface area contributed by atoms with Gasteiger partial charge in [0.25, 0.3) is 0 Å². The summed E-state index contributed by atoms with van der Waals surface area (Å²) in [7, 11) is 0. The lowest BCUT2D eigenvalue weighted by atomic mass is 10.1. The summed E-state index contributed by atoms with van der Waals surface area (Å²) in [6, 6.07) is 6.96. The van der Waals surface area contributed by atoms with Crippen LogP contribution in [0.3, 0.4) is 0 Å². The molecule has 0 radical (unpaired) electrons. The van der Waals surface area contributed by atoms with Crippen molar-refractivity contribution in [3.8, 4) is 10.6 Å². The first kappa shape index (κ1) is 15.2. The lowest BCUT2D eigenvalue weighted by molar-refractivity contribution is 0.575. The summed E-state index contributed by atoms with van der Waals surface area (Å²) in [5, 5.41) is 4.69. The Morgan fingerprint density at radius 1 is 1.25 bits per heavy atom. The second kappa shape index (κ2) is 6.51. The number of aryl methyl sites for hydroxylation is 3. The maximum absolute atomic E-state index is 4.79. The zero-order chi connectivity index (χ0) is 14.7. The lowest BCUT2D eigenvalue weighted by Crippen LogP contribution is -2.18. The van der Waals surface area contributed by atoms with Crippen LogP contribution in [0.1, 0.15) is 48.0 Å². The van der Waals surface area contributed by atoms with Crippen LogP contribution in [0.2, 0.25) is 0 Å². The maximum atomic E-state index is 4.79. The minimum Gasteiger partial charge on any atom is -0.309 e. The van der Waals surface area contributed by atoms with Gasteiger partial charge in [-0.25, -0.2) is 4.98 Å². The van der Waals surface area contributed by atoms with Crippen molar-refractivity contribution in [3.05, 3.63) is 39.9 Å². The molecule has 0 aliphatic carbocycles. The molecule has 0 bridgehead atoms. The average molecular weight is 288 g/mol. The fourth-order valence-corrected chi connectivity index (χ4v) is 3.52. The van der Waals surface area contributed by atoms with Crippen molar-refractivity contribution in [2.45, 2.75) is 47.1 Å². The third kappa shape index (κ3) is 3.28. The molecule has 0 saturated heterocycles. The predicted molar refractivity (Wildman–Crippen MR) is 88.5 cm³/mol. The highest BCUT2D eigenvalue weighted by atomic mass is 32.1. The largest absolute Gasteiger partial charge is 0.309 e. The minimum atomic E-state index is 0.381. The highest BCUT2D eigenvalue weighted by molar-refractivity contribution is 7.15. The number of nitrogens with one attached hydrogen (secondary N) is 1. The van der Waals surface area contributed by atoms with E-state index in [1.54, 1.807) is 0 Å². The molecule has 0 spiro atoms. The van der Waals surface area contributed by atoms with Gasteiger partial charge in [-0.3, -0.25) is 0 Å². The van der Waals surface area contributed by atoms with Crippen molar-refractivity contribution < 1.29 is 0 Å². The molecule has 1 aromatic carbocycles. The Labute approximate surface area is 126 Å². The van der Waals surface area contributed by atoms with Crippen molar-refractivity contribution in [2.24, 2.45) is 0 Å². The van der Waals surface area contributed by atoms with E-state index in [0.717, 1.165) is 23.7 Å². The van der Waals surface area contributed by atoms with E-state index in [-0.39, 0.29) is 0 Å². The van der Waals surface area contributed by atoms with Gasteiger partial charge in [0.2, 0.25) is 0 Å². The summed E-state index contributed by atoms with van der Waals surface area (Å²) in [6.07, 6.45) is 1.16. The third-order valence-electron chi connectivity index (χ3n) is 3.55.